The van der Waals surface area contributed by atoms with E-state index in [2.05, 4.69) is 34.6 Å². The van der Waals surface area contributed by atoms with E-state index >= 15 is 0 Å². The number of allylic oxidation sites excluding steroid dienone is 1. The minimum absolute atomic E-state index is 0.0000215. The Balaban J connectivity index is 1.52. The van der Waals surface area contributed by atoms with E-state index in [0.717, 1.165) is 61.7 Å². The summed E-state index contributed by atoms with van der Waals surface area (Å²) in [6, 6.07) is 11.6. The maximum atomic E-state index is 13.5. The number of fused-ring (bicyclic) bond motifs is 3. The Morgan fingerprint density at radius 1 is 1.30 bits per heavy atom. The van der Waals surface area contributed by atoms with Crippen molar-refractivity contribution in [2.45, 2.75) is 75.1 Å². The van der Waals surface area contributed by atoms with Gasteiger partial charge in [0.25, 0.3) is 5.91 Å². The second-order valence-corrected chi connectivity index (χ2v) is 15.1. The van der Waals surface area contributed by atoms with Gasteiger partial charge in [-0.15, -0.1) is 17.5 Å². The van der Waals surface area contributed by atoms with Crippen molar-refractivity contribution in [2.24, 2.45) is 21.3 Å². The summed E-state index contributed by atoms with van der Waals surface area (Å²) in [6.07, 6.45) is 10.7. The zero-order chi connectivity index (χ0) is 31.5. The van der Waals surface area contributed by atoms with Crippen LogP contribution in [-0.4, -0.2) is 48.3 Å². The highest BCUT2D eigenvalue weighted by molar-refractivity contribution is 7.92. The van der Waals surface area contributed by atoms with Crippen LogP contribution < -0.4 is 14.8 Å². The molecule has 1 heterocycles. The van der Waals surface area contributed by atoms with Crippen LogP contribution in [0.3, 0.4) is 0 Å². The first-order chi connectivity index (χ1) is 21.1. The van der Waals surface area contributed by atoms with Crippen molar-refractivity contribution in [3.63, 3.8) is 0 Å². The molecule has 2 aromatic carbocycles. The Bertz CT molecular complexity index is 1520. The first kappa shape index (κ1) is 32.7. The number of methoxy groups -OCH3 is 1. The highest BCUT2D eigenvalue weighted by atomic mass is 35.5. The summed E-state index contributed by atoms with van der Waals surface area (Å²) in [7, 11) is -1.49. The fourth-order valence-electron chi connectivity index (χ4n) is 7.40. The molecular formula is C35H46ClN3O4S. The summed E-state index contributed by atoms with van der Waals surface area (Å²) in [5, 5.41) is 6.55. The number of halogens is 1. The zero-order valence-electron chi connectivity index (χ0n) is 26.0. The predicted molar refractivity (Wildman–Crippen MR) is 180 cm³/mol. The van der Waals surface area contributed by atoms with Gasteiger partial charge in [0.05, 0.1) is 23.6 Å². The first-order valence-electron chi connectivity index (χ1n) is 15.8. The van der Waals surface area contributed by atoms with Crippen molar-refractivity contribution in [3.05, 3.63) is 83.4 Å². The van der Waals surface area contributed by atoms with Gasteiger partial charge in [-0.3, -0.25) is 4.79 Å². The number of anilines is 1. The molecule has 1 fully saturated rings. The van der Waals surface area contributed by atoms with Crippen molar-refractivity contribution in [3.8, 4) is 5.75 Å². The predicted octanol–water partition coefficient (Wildman–Crippen LogP) is 7.27. The molecule has 6 atom stereocenters. The van der Waals surface area contributed by atoms with Gasteiger partial charge in [-0.25, -0.2) is 9.35 Å². The molecule has 0 unspecified atom stereocenters. The van der Waals surface area contributed by atoms with E-state index < -0.39 is 15.8 Å². The lowest BCUT2D eigenvalue weighted by Gasteiger charge is -2.46. The summed E-state index contributed by atoms with van der Waals surface area (Å²) in [4.78, 5) is 15.9. The summed E-state index contributed by atoms with van der Waals surface area (Å²) < 4.78 is 29.9. The second-order valence-electron chi connectivity index (χ2n) is 12.6. The third-order valence-corrected chi connectivity index (χ3v) is 12.2. The summed E-state index contributed by atoms with van der Waals surface area (Å²) >= 11 is 6.42. The molecule has 1 amide bonds. The minimum Gasteiger partial charge on any atom is -0.490 e. The van der Waals surface area contributed by atoms with Crippen LogP contribution in [0.25, 0.3) is 0 Å². The lowest BCUT2D eigenvalue weighted by atomic mass is 9.68. The molecule has 3 aliphatic rings. The van der Waals surface area contributed by atoms with Gasteiger partial charge in [-0.2, -0.15) is 0 Å². The monoisotopic (exact) mass is 639 g/mol. The zero-order valence-corrected chi connectivity index (χ0v) is 27.6. The Labute approximate surface area is 268 Å². The molecule has 1 aliphatic heterocycles. The maximum Gasteiger partial charge on any atom is 0.286 e. The number of nitrogens with two attached hydrogens (primary N) is 1. The lowest BCUT2D eigenvalue weighted by molar-refractivity contribution is 0.0135. The average molecular weight is 640 g/mol. The van der Waals surface area contributed by atoms with Gasteiger partial charge in [0.1, 0.15) is 15.7 Å². The molecule has 2 aromatic rings. The SMILES string of the molecule is C=CCC[C@@H](CC)[S@@](N)(=O)=NC(=O)c1ccc2c(c1)N(C[C@@H]1CC[C@H]1[C@H](C=C)OC)C[C@@]1(CCCc3cc(Cl)ccc31)CO2. The van der Waals surface area contributed by atoms with Gasteiger partial charge in [0.15, 0.2) is 0 Å². The number of nitrogens with zero attached hydrogens (tertiary/aromatic N) is 2. The molecule has 238 valence electrons. The van der Waals surface area contributed by atoms with Gasteiger partial charge >= 0.3 is 0 Å². The fraction of sp³-hybridized carbons (Fsp3) is 0.514. The van der Waals surface area contributed by atoms with Crippen LogP contribution in [0.1, 0.15) is 73.4 Å². The lowest BCUT2D eigenvalue weighted by Crippen LogP contribution is -2.49. The number of hydrogen-bond acceptors (Lipinski definition) is 5. The molecule has 1 saturated carbocycles. The molecule has 44 heavy (non-hydrogen) atoms. The molecule has 0 aromatic heterocycles. The molecular weight excluding hydrogens is 594 g/mol. The number of ether oxygens (including phenoxy) is 2. The number of carbonyl (C=O) groups is 1. The van der Waals surface area contributed by atoms with Crippen LogP contribution >= 0.6 is 11.6 Å². The molecule has 5 rings (SSSR count). The van der Waals surface area contributed by atoms with Crippen LogP contribution in [0, 0.1) is 11.8 Å². The first-order valence-corrected chi connectivity index (χ1v) is 17.8. The van der Waals surface area contributed by atoms with Gasteiger partial charge < -0.3 is 14.4 Å². The van der Waals surface area contributed by atoms with Crippen molar-refractivity contribution in [2.75, 3.05) is 31.7 Å². The van der Waals surface area contributed by atoms with E-state index in [-0.39, 0.29) is 16.8 Å². The Kier molecular flexibility index (Phi) is 10.2. The van der Waals surface area contributed by atoms with E-state index in [1.807, 2.05) is 31.2 Å². The molecule has 9 heteroatoms. The summed E-state index contributed by atoms with van der Waals surface area (Å²) in [6.45, 7) is 11.7. The Hall–Kier alpha value is -2.65. The number of benzene rings is 2. The van der Waals surface area contributed by atoms with Crippen LogP contribution in [0.4, 0.5) is 5.69 Å². The third-order valence-electron chi connectivity index (χ3n) is 9.99. The van der Waals surface area contributed by atoms with Crippen molar-refractivity contribution in [1.29, 1.82) is 0 Å². The highest BCUT2D eigenvalue weighted by Crippen LogP contribution is 2.47. The van der Waals surface area contributed by atoms with Crippen molar-refractivity contribution in [1.82, 2.24) is 0 Å². The number of aryl methyl sites for hydroxylation is 1. The molecule has 2 N–H and O–H groups in total. The van der Waals surface area contributed by atoms with Crippen molar-refractivity contribution < 1.29 is 18.5 Å². The smallest absolute Gasteiger partial charge is 0.286 e. The molecule has 0 saturated heterocycles. The topological polar surface area (TPSA) is 94.2 Å². The number of hydrogen-bond donors (Lipinski definition) is 1. The molecule has 1 spiro atoms. The molecule has 0 radical (unpaired) electrons. The van der Waals surface area contributed by atoms with Gasteiger partial charge in [-0.05, 0) is 105 Å². The maximum absolute atomic E-state index is 13.5. The highest BCUT2D eigenvalue weighted by Gasteiger charge is 2.44. The van der Waals surface area contributed by atoms with E-state index in [0.29, 0.717) is 43.3 Å². The van der Waals surface area contributed by atoms with E-state index in [1.165, 1.54) is 11.1 Å². The second kappa shape index (κ2) is 13.8. The van der Waals surface area contributed by atoms with E-state index in [9.17, 15) is 9.00 Å². The Morgan fingerprint density at radius 3 is 2.80 bits per heavy atom. The molecule has 2 aliphatic carbocycles. The fourth-order valence-corrected chi connectivity index (χ4v) is 9.06. The van der Waals surface area contributed by atoms with Crippen LogP contribution in [0.5, 0.6) is 5.75 Å². The summed E-state index contributed by atoms with van der Waals surface area (Å²) in [5.41, 5.74) is 3.54. The largest absolute Gasteiger partial charge is 0.490 e. The van der Waals surface area contributed by atoms with Gasteiger partial charge in [0, 0.05) is 36.2 Å². The standard InChI is InChI=1S/C35H46ClN3O4S/c1-5-8-11-28(6-2)44(37,41)38-34(40)25-13-17-33-31(20-25)39(21-26-12-15-29(26)32(7-3)42-4)22-35(23-43-33)18-9-10-24-19-27(36)14-16-30(24)35/h5,7,13-14,16-17,19-20,26,28-29,32H,1,3,6,8-12,15,18,21-23H2,2,4H3,(H2,37,38,40,41)/t26-,28+,29+,32-,35-,44-/m0/s1. The molecule has 7 nitrogen and oxygen atoms in total. The number of rotatable bonds is 11. The normalized spacial score (nSPS) is 25.2. The van der Waals surface area contributed by atoms with Gasteiger partial charge in [0.2, 0.25) is 0 Å². The van der Waals surface area contributed by atoms with Gasteiger partial charge in [-0.1, -0.05) is 36.7 Å². The minimum atomic E-state index is -3.23. The van der Waals surface area contributed by atoms with Crippen LogP contribution in [0.2, 0.25) is 5.02 Å². The van der Waals surface area contributed by atoms with E-state index in [4.69, 9.17) is 26.2 Å². The quantitative estimate of drug-likeness (QED) is 0.261. The summed E-state index contributed by atoms with van der Waals surface area (Å²) in [5.74, 6) is 0.938. The Morgan fingerprint density at radius 2 is 2.11 bits per heavy atom. The number of carbonyl (C=O) groups excluding carboxylic acids is 1. The van der Waals surface area contributed by atoms with Crippen LogP contribution in [-0.2, 0) is 26.5 Å². The average Bonchev–Trinajstić information content (AvgIpc) is 3.14. The number of amides is 1. The van der Waals surface area contributed by atoms with E-state index in [1.54, 1.807) is 19.3 Å². The molecule has 0 bridgehead atoms. The van der Waals surface area contributed by atoms with Crippen LogP contribution in [0.15, 0.2) is 66.1 Å². The van der Waals surface area contributed by atoms with Crippen molar-refractivity contribution >= 4 is 33.1 Å². The third kappa shape index (κ3) is 6.64.